The third kappa shape index (κ3) is 3.93. The Labute approximate surface area is 139 Å². The second kappa shape index (κ2) is 8.39. The van der Waals surface area contributed by atoms with E-state index in [1.807, 2.05) is 31.3 Å². The molecule has 1 aromatic rings. The van der Waals surface area contributed by atoms with Gasteiger partial charge in [-0.2, -0.15) is 0 Å². The molecule has 1 aliphatic rings. The van der Waals surface area contributed by atoms with E-state index in [1.165, 1.54) is 0 Å². The van der Waals surface area contributed by atoms with Crippen LogP contribution in [-0.2, 0) is 10.2 Å². The number of hydrogen-bond donors (Lipinski definition) is 2. The second-order valence-electron chi connectivity index (χ2n) is 5.92. The molecule has 4 nitrogen and oxygen atoms in total. The summed E-state index contributed by atoms with van der Waals surface area (Å²) in [5, 5.41) is 6.26. The predicted molar refractivity (Wildman–Crippen MR) is 91.9 cm³/mol. The lowest BCUT2D eigenvalue weighted by molar-refractivity contribution is -0.126. The van der Waals surface area contributed by atoms with Crippen molar-refractivity contribution in [1.29, 1.82) is 0 Å². The summed E-state index contributed by atoms with van der Waals surface area (Å²) in [6, 6.07) is 8.23. The number of likely N-dealkylation sites (N-methyl/N-ethyl adjacent to an activating group) is 1. The molecular weight excluding hydrogens is 300 g/mol. The molecule has 124 valence electrons. The molecule has 1 atom stereocenters. The number of halogens is 1. The molecule has 0 bridgehead atoms. The molecule has 1 aromatic carbocycles. The van der Waals surface area contributed by atoms with Crippen LogP contribution in [0.5, 0.6) is 5.75 Å². The molecule has 1 amide bonds. The third-order valence-corrected chi connectivity index (χ3v) is 4.60. The van der Waals surface area contributed by atoms with Crippen LogP contribution >= 0.6 is 12.4 Å². The van der Waals surface area contributed by atoms with Crippen LogP contribution in [0.15, 0.2) is 24.3 Å². The summed E-state index contributed by atoms with van der Waals surface area (Å²) in [4.78, 5) is 12.8. The van der Waals surface area contributed by atoms with Gasteiger partial charge in [0.25, 0.3) is 0 Å². The molecule has 1 unspecified atom stereocenters. The first-order valence-electron chi connectivity index (χ1n) is 7.72. The number of benzene rings is 1. The van der Waals surface area contributed by atoms with Crippen molar-refractivity contribution in [3.63, 3.8) is 0 Å². The van der Waals surface area contributed by atoms with Gasteiger partial charge in [-0.05, 0) is 44.5 Å². The van der Waals surface area contributed by atoms with Crippen LogP contribution in [0.4, 0.5) is 0 Å². The van der Waals surface area contributed by atoms with Gasteiger partial charge < -0.3 is 15.4 Å². The summed E-state index contributed by atoms with van der Waals surface area (Å²) in [7, 11) is 3.57. The molecular formula is C17H27ClN2O2. The monoisotopic (exact) mass is 326 g/mol. The molecule has 5 heteroatoms. The summed E-state index contributed by atoms with van der Waals surface area (Å²) in [6.07, 6.45) is 4.08. The van der Waals surface area contributed by atoms with Gasteiger partial charge in [0.2, 0.25) is 5.91 Å². The van der Waals surface area contributed by atoms with E-state index in [0.29, 0.717) is 6.54 Å². The first-order valence-corrected chi connectivity index (χ1v) is 7.72. The Balaban J connectivity index is 0.00000242. The molecule has 2 N–H and O–H groups in total. The Morgan fingerprint density at radius 3 is 2.36 bits per heavy atom. The lowest BCUT2D eigenvalue weighted by Gasteiger charge is -2.29. The van der Waals surface area contributed by atoms with Gasteiger partial charge in [-0.15, -0.1) is 12.4 Å². The van der Waals surface area contributed by atoms with Crippen molar-refractivity contribution < 1.29 is 9.53 Å². The van der Waals surface area contributed by atoms with Crippen molar-refractivity contribution in [3.05, 3.63) is 29.8 Å². The lowest BCUT2D eigenvalue weighted by Crippen LogP contribution is -2.46. The highest BCUT2D eigenvalue weighted by atomic mass is 35.5. The molecule has 0 aliphatic heterocycles. The van der Waals surface area contributed by atoms with E-state index >= 15 is 0 Å². The number of nitrogens with one attached hydrogen (secondary N) is 2. The van der Waals surface area contributed by atoms with Gasteiger partial charge in [0, 0.05) is 12.6 Å². The Bertz CT molecular complexity index is 470. The molecule has 1 fully saturated rings. The van der Waals surface area contributed by atoms with Gasteiger partial charge in [0.15, 0.2) is 0 Å². The largest absolute Gasteiger partial charge is 0.497 e. The average Bonchev–Trinajstić information content (AvgIpc) is 3.03. The van der Waals surface area contributed by atoms with E-state index in [0.717, 1.165) is 37.0 Å². The van der Waals surface area contributed by atoms with Gasteiger partial charge in [-0.25, -0.2) is 0 Å². The van der Waals surface area contributed by atoms with E-state index in [9.17, 15) is 4.79 Å². The quantitative estimate of drug-likeness (QED) is 0.845. The van der Waals surface area contributed by atoms with Crippen molar-refractivity contribution in [1.82, 2.24) is 10.6 Å². The molecule has 2 rings (SSSR count). The van der Waals surface area contributed by atoms with Crippen LogP contribution in [0.1, 0.15) is 38.2 Å². The van der Waals surface area contributed by atoms with E-state index < -0.39 is 0 Å². The highest BCUT2D eigenvalue weighted by Crippen LogP contribution is 2.41. The Morgan fingerprint density at radius 2 is 1.86 bits per heavy atom. The highest BCUT2D eigenvalue weighted by molar-refractivity contribution is 5.88. The SMILES string of the molecule is CNC(C)CNC(=O)C1(c2ccc(OC)cc2)CCCC1.Cl. The van der Waals surface area contributed by atoms with Crippen LogP contribution in [-0.4, -0.2) is 32.7 Å². The minimum atomic E-state index is -0.361. The fraction of sp³-hybridized carbons (Fsp3) is 0.588. The maximum Gasteiger partial charge on any atom is 0.230 e. The fourth-order valence-corrected chi connectivity index (χ4v) is 3.05. The molecule has 0 saturated heterocycles. The van der Waals surface area contributed by atoms with Gasteiger partial charge in [0.1, 0.15) is 5.75 Å². The van der Waals surface area contributed by atoms with Crippen LogP contribution in [0.25, 0.3) is 0 Å². The van der Waals surface area contributed by atoms with Gasteiger partial charge >= 0.3 is 0 Å². The van der Waals surface area contributed by atoms with Crippen molar-refractivity contribution in [3.8, 4) is 5.75 Å². The zero-order valence-electron chi connectivity index (χ0n) is 13.6. The van der Waals surface area contributed by atoms with E-state index in [1.54, 1.807) is 7.11 Å². The Morgan fingerprint density at radius 1 is 1.27 bits per heavy atom. The molecule has 0 aromatic heterocycles. The molecule has 22 heavy (non-hydrogen) atoms. The maximum absolute atomic E-state index is 12.8. The van der Waals surface area contributed by atoms with Crippen molar-refractivity contribution in [2.75, 3.05) is 20.7 Å². The van der Waals surface area contributed by atoms with Crippen LogP contribution < -0.4 is 15.4 Å². The fourth-order valence-electron chi connectivity index (χ4n) is 3.05. The second-order valence-corrected chi connectivity index (χ2v) is 5.92. The molecule has 1 aliphatic carbocycles. The van der Waals surface area contributed by atoms with E-state index in [2.05, 4.69) is 17.6 Å². The topological polar surface area (TPSA) is 50.4 Å². The lowest BCUT2D eigenvalue weighted by atomic mass is 9.78. The number of hydrogen-bond acceptors (Lipinski definition) is 3. The predicted octanol–water partition coefficient (Wildman–Crippen LogP) is 2.65. The minimum absolute atomic E-state index is 0. The third-order valence-electron chi connectivity index (χ3n) is 4.60. The molecule has 1 saturated carbocycles. The highest BCUT2D eigenvalue weighted by Gasteiger charge is 2.42. The van der Waals surface area contributed by atoms with E-state index in [-0.39, 0.29) is 29.8 Å². The number of rotatable bonds is 6. The van der Waals surface area contributed by atoms with Crippen LogP contribution in [0, 0.1) is 0 Å². The Hall–Kier alpha value is -1.26. The average molecular weight is 327 g/mol. The summed E-state index contributed by atoms with van der Waals surface area (Å²) in [5.74, 6) is 0.989. The maximum atomic E-state index is 12.8. The molecule has 0 spiro atoms. The zero-order valence-corrected chi connectivity index (χ0v) is 14.5. The number of carbonyl (C=O) groups excluding carboxylic acids is 1. The smallest absolute Gasteiger partial charge is 0.230 e. The molecule has 0 heterocycles. The normalized spacial score (nSPS) is 17.4. The van der Waals surface area contributed by atoms with Crippen molar-refractivity contribution in [2.24, 2.45) is 0 Å². The Kier molecular flexibility index (Phi) is 7.17. The summed E-state index contributed by atoms with van der Waals surface area (Å²) < 4.78 is 5.21. The van der Waals surface area contributed by atoms with E-state index in [4.69, 9.17) is 4.74 Å². The number of carbonyl (C=O) groups is 1. The summed E-state index contributed by atoms with van der Waals surface area (Å²) >= 11 is 0. The summed E-state index contributed by atoms with van der Waals surface area (Å²) in [6.45, 7) is 2.72. The van der Waals surface area contributed by atoms with Crippen molar-refractivity contribution >= 4 is 18.3 Å². The van der Waals surface area contributed by atoms with Gasteiger partial charge in [-0.1, -0.05) is 25.0 Å². The number of ether oxygens (including phenoxy) is 1. The standard InChI is InChI=1S/C17H26N2O2.ClH/c1-13(18-2)12-19-16(20)17(10-4-5-11-17)14-6-8-15(21-3)9-7-14;/h6-9,13,18H,4-5,10-12H2,1-3H3,(H,19,20);1H. The number of amides is 1. The van der Waals surface area contributed by atoms with Crippen molar-refractivity contribution in [2.45, 2.75) is 44.1 Å². The van der Waals surface area contributed by atoms with Crippen LogP contribution in [0.2, 0.25) is 0 Å². The molecule has 0 radical (unpaired) electrons. The van der Waals surface area contributed by atoms with Gasteiger partial charge in [0.05, 0.1) is 12.5 Å². The van der Waals surface area contributed by atoms with Gasteiger partial charge in [-0.3, -0.25) is 4.79 Å². The zero-order chi connectivity index (χ0) is 15.3. The minimum Gasteiger partial charge on any atom is -0.497 e. The summed E-state index contributed by atoms with van der Waals surface area (Å²) in [5.41, 5.74) is 0.745. The number of methoxy groups -OCH3 is 1. The first kappa shape index (κ1) is 18.8. The first-order chi connectivity index (χ1) is 10.1. The van der Waals surface area contributed by atoms with Crippen LogP contribution in [0.3, 0.4) is 0 Å².